The van der Waals surface area contributed by atoms with Gasteiger partial charge >= 0.3 is 0 Å². The Kier molecular flexibility index (Phi) is 3.99. The minimum Gasteiger partial charge on any atom is -0.298 e. The van der Waals surface area contributed by atoms with Gasteiger partial charge in [-0.05, 0) is 35.0 Å². The summed E-state index contributed by atoms with van der Waals surface area (Å²) in [5.74, 6) is 0.776. The van der Waals surface area contributed by atoms with Crippen LogP contribution >= 0.6 is 28.6 Å². The van der Waals surface area contributed by atoms with Crippen molar-refractivity contribution in [3.05, 3.63) is 26.8 Å². The number of hydrogen-bond acceptors (Lipinski definition) is 3. The van der Waals surface area contributed by atoms with E-state index >= 15 is 0 Å². The Morgan fingerprint density at radius 1 is 1.69 bits per heavy atom. The predicted molar refractivity (Wildman–Crippen MR) is 59.4 cm³/mol. The zero-order valence-electron chi connectivity index (χ0n) is 7.33. The van der Waals surface area contributed by atoms with Gasteiger partial charge in [0.1, 0.15) is 4.47 Å². The van der Waals surface area contributed by atoms with Crippen molar-refractivity contribution in [1.29, 1.82) is 0 Å². The van der Waals surface area contributed by atoms with E-state index in [9.17, 15) is 4.79 Å². The molecule has 0 aliphatic carbocycles. The van der Waals surface area contributed by atoms with Gasteiger partial charge in [0, 0.05) is 6.54 Å². The van der Waals surface area contributed by atoms with Crippen LogP contribution in [0.3, 0.4) is 0 Å². The summed E-state index contributed by atoms with van der Waals surface area (Å²) in [7, 11) is 0. The molecule has 5 heteroatoms. The average molecular weight is 263 g/mol. The van der Waals surface area contributed by atoms with Crippen molar-refractivity contribution >= 4 is 28.6 Å². The summed E-state index contributed by atoms with van der Waals surface area (Å²) in [6, 6.07) is 0. The molecule has 1 aromatic rings. The van der Waals surface area contributed by atoms with Crippen molar-refractivity contribution in [3.8, 4) is 0 Å². The van der Waals surface area contributed by atoms with E-state index in [-0.39, 0.29) is 5.56 Å². The topological polar surface area (TPSA) is 34.9 Å². The second-order valence-electron chi connectivity index (χ2n) is 2.72. The third-order valence-corrected chi connectivity index (χ3v) is 2.94. The van der Waals surface area contributed by atoms with Gasteiger partial charge in [0.05, 0.1) is 12.0 Å². The van der Waals surface area contributed by atoms with Gasteiger partial charge in [0.15, 0.2) is 0 Å². The summed E-state index contributed by atoms with van der Waals surface area (Å²) in [4.78, 5) is 15.6. The van der Waals surface area contributed by atoms with E-state index < -0.39 is 0 Å². The number of aryl methyl sites for hydroxylation is 2. The molecule has 0 spiro atoms. The van der Waals surface area contributed by atoms with Crippen LogP contribution in [0.15, 0.2) is 15.6 Å². The highest BCUT2D eigenvalue weighted by Gasteiger charge is 2.03. The van der Waals surface area contributed by atoms with Crippen LogP contribution in [0.25, 0.3) is 0 Å². The third-order valence-electron chi connectivity index (χ3n) is 1.71. The molecule has 0 fully saturated rings. The zero-order chi connectivity index (χ0) is 9.84. The molecule has 0 aromatic carbocycles. The van der Waals surface area contributed by atoms with E-state index in [1.54, 1.807) is 17.8 Å². The summed E-state index contributed by atoms with van der Waals surface area (Å²) in [6.07, 6.45) is 2.45. The first kappa shape index (κ1) is 10.8. The Bertz CT molecular complexity index is 350. The zero-order valence-corrected chi connectivity index (χ0v) is 9.81. The van der Waals surface area contributed by atoms with Crippen LogP contribution in [-0.4, -0.2) is 15.3 Å². The van der Waals surface area contributed by atoms with Gasteiger partial charge in [0.2, 0.25) is 0 Å². The van der Waals surface area contributed by atoms with Gasteiger partial charge in [-0.15, -0.1) is 0 Å². The van der Waals surface area contributed by atoms with Gasteiger partial charge in [-0.1, -0.05) is 0 Å². The molecular weight excluding hydrogens is 252 g/mol. The number of rotatable bonds is 3. The molecular formula is C8H11BrN2OS. The lowest BCUT2D eigenvalue weighted by Crippen LogP contribution is -2.22. The fourth-order valence-electron chi connectivity index (χ4n) is 0.947. The molecule has 0 saturated heterocycles. The quantitative estimate of drug-likeness (QED) is 0.841. The maximum Gasteiger partial charge on any atom is 0.267 e. The Morgan fingerprint density at radius 3 is 3.00 bits per heavy atom. The van der Waals surface area contributed by atoms with Gasteiger partial charge in [-0.2, -0.15) is 12.6 Å². The molecule has 0 aliphatic heterocycles. The summed E-state index contributed by atoms with van der Waals surface area (Å²) < 4.78 is 2.14. The fourth-order valence-corrected chi connectivity index (χ4v) is 1.42. The van der Waals surface area contributed by atoms with Crippen LogP contribution in [0.2, 0.25) is 0 Å². The van der Waals surface area contributed by atoms with Gasteiger partial charge in [-0.25, -0.2) is 4.98 Å². The maximum absolute atomic E-state index is 11.5. The smallest absolute Gasteiger partial charge is 0.267 e. The van der Waals surface area contributed by atoms with E-state index in [4.69, 9.17) is 0 Å². The number of halogens is 1. The van der Waals surface area contributed by atoms with E-state index in [2.05, 4.69) is 33.5 Å². The molecule has 1 aromatic heterocycles. The summed E-state index contributed by atoms with van der Waals surface area (Å²) >= 11 is 7.29. The van der Waals surface area contributed by atoms with Gasteiger partial charge < -0.3 is 0 Å². The first-order valence-corrected chi connectivity index (χ1v) is 5.41. The van der Waals surface area contributed by atoms with E-state index in [1.165, 1.54) is 0 Å². The summed E-state index contributed by atoms with van der Waals surface area (Å²) in [6.45, 7) is 2.47. The standard InChI is InChI=1S/C8H11BrN2OS/c1-6-7(9)8(12)11(5-10-6)3-2-4-13/h5,13H,2-4H2,1H3. The highest BCUT2D eigenvalue weighted by molar-refractivity contribution is 9.10. The Labute approximate surface area is 90.7 Å². The predicted octanol–water partition coefficient (Wildman–Crippen LogP) is 1.63. The van der Waals surface area contributed by atoms with Crippen molar-refractivity contribution in [1.82, 2.24) is 9.55 Å². The second-order valence-corrected chi connectivity index (χ2v) is 3.96. The average Bonchev–Trinajstić information content (AvgIpc) is 2.13. The molecule has 3 nitrogen and oxygen atoms in total. The van der Waals surface area contributed by atoms with Gasteiger partial charge in [0.25, 0.3) is 5.56 Å². The van der Waals surface area contributed by atoms with Crippen molar-refractivity contribution in [2.24, 2.45) is 0 Å². The second kappa shape index (κ2) is 4.81. The molecule has 1 rings (SSSR count). The Morgan fingerprint density at radius 2 is 2.38 bits per heavy atom. The lowest BCUT2D eigenvalue weighted by Gasteiger charge is -2.04. The minimum absolute atomic E-state index is 0.0192. The minimum atomic E-state index is -0.0192. The number of aromatic nitrogens is 2. The van der Waals surface area contributed by atoms with Crippen LogP contribution in [0.5, 0.6) is 0 Å². The van der Waals surface area contributed by atoms with Crippen molar-refractivity contribution in [2.75, 3.05) is 5.75 Å². The first-order chi connectivity index (χ1) is 6.16. The first-order valence-electron chi connectivity index (χ1n) is 3.99. The van der Waals surface area contributed by atoms with Gasteiger partial charge in [-0.3, -0.25) is 9.36 Å². The molecule has 0 atom stereocenters. The SMILES string of the molecule is Cc1ncn(CCCS)c(=O)c1Br. The molecule has 0 aliphatic rings. The number of nitrogens with zero attached hydrogens (tertiary/aromatic N) is 2. The normalized spacial score (nSPS) is 10.4. The third kappa shape index (κ3) is 2.57. The Hall–Kier alpha value is -0.290. The van der Waals surface area contributed by atoms with E-state index in [0.717, 1.165) is 17.9 Å². The monoisotopic (exact) mass is 262 g/mol. The molecule has 0 amide bonds. The van der Waals surface area contributed by atoms with E-state index in [1.807, 2.05) is 0 Å². The van der Waals surface area contributed by atoms with Crippen LogP contribution < -0.4 is 5.56 Å². The largest absolute Gasteiger partial charge is 0.298 e. The molecule has 0 N–H and O–H groups in total. The van der Waals surface area contributed by atoms with Crippen LogP contribution in [0.1, 0.15) is 12.1 Å². The summed E-state index contributed by atoms with van der Waals surface area (Å²) in [5, 5.41) is 0. The van der Waals surface area contributed by atoms with Crippen LogP contribution in [-0.2, 0) is 6.54 Å². The molecule has 13 heavy (non-hydrogen) atoms. The number of thiol groups is 1. The Balaban J connectivity index is 2.97. The molecule has 0 saturated carbocycles. The highest BCUT2D eigenvalue weighted by atomic mass is 79.9. The number of hydrogen-bond donors (Lipinski definition) is 1. The van der Waals surface area contributed by atoms with Crippen molar-refractivity contribution in [3.63, 3.8) is 0 Å². The molecule has 72 valence electrons. The van der Waals surface area contributed by atoms with Crippen molar-refractivity contribution < 1.29 is 0 Å². The molecule has 0 unspecified atom stereocenters. The molecule has 0 radical (unpaired) electrons. The maximum atomic E-state index is 11.5. The van der Waals surface area contributed by atoms with Crippen LogP contribution in [0, 0.1) is 6.92 Å². The summed E-state index contributed by atoms with van der Waals surface area (Å²) in [5.41, 5.74) is 0.710. The highest BCUT2D eigenvalue weighted by Crippen LogP contribution is 2.06. The lowest BCUT2D eigenvalue weighted by molar-refractivity contribution is 0.638. The van der Waals surface area contributed by atoms with E-state index in [0.29, 0.717) is 11.0 Å². The molecule has 1 heterocycles. The molecule has 0 bridgehead atoms. The lowest BCUT2D eigenvalue weighted by atomic mass is 10.4. The van der Waals surface area contributed by atoms with Crippen LogP contribution in [0.4, 0.5) is 0 Å². The fraction of sp³-hybridized carbons (Fsp3) is 0.500. The van der Waals surface area contributed by atoms with Crippen molar-refractivity contribution in [2.45, 2.75) is 19.9 Å².